The molecule has 2 N–H and O–H groups in total. The summed E-state index contributed by atoms with van der Waals surface area (Å²) in [5, 5.41) is 22.7. The minimum Gasteiger partial charge on any atom is -0.478 e. The highest BCUT2D eigenvalue weighted by molar-refractivity contribution is 6.08. The van der Waals surface area contributed by atoms with Crippen LogP contribution in [0.1, 0.15) is 20.7 Å². The van der Waals surface area contributed by atoms with Crippen LogP contribution in [0, 0.1) is 0 Å². The van der Waals surface area contributed by atoms with Gasteiger partial charge >= 0.3 is 11.9 Å². The van der Waals surface area contributed by atoms with Gasteiger partial charge in [-0.05, 0) is 56.9 Å². The van der Waals surface area contributed by atoms with Crippen LogP contribution >= 0.6 is 0 Å². The lowest BCUT2D eigenvalue weighted by molar-refractivity contribution is 0.0684. The van der Waals surface area contributed by atoms with Gasteiger partial charge in [-0.3, -0.25) is 0 Å². The molecule has 0 radical (unpaired) electrons. The molecule has 0 aromatic heterocycles. The zero-order chi connectivity index (χ0) is 18.3. The standard InChI is InChI=1S/C22H14O4/c23-21(24)19-11-15-7-3-1-5-13(15)9-17(19)18-10-14-6-2-4-8-16(14)12-20(18)22(25)26/h1-12H,(H,23,24)(H,25,26). The molecule has 4 aromatic carbocycles. The Morgan fingerprint density at radius 3 is 1.15 bits per heavy atom. The topological polar surface area (TPSA) is 74.6 Å². The second-order valence-electron chi connectivity index (χ2n) is 6.10. The Labute approximate surface area is 148 Å². The van der Waals surface area contributed by atoms with E-state index in [0.717, 1.165) is 21.5 Å². The molecular formula is C22H14O4. The third-order valence-corrected chi connectivity index (χ3v) is 4.52. The summed E-state index contributed by atoms with van der Waals surface area (Å²) in [7, 11) is 0. The smallest absolute Gasteiger partial charge is 0.336 e. The lowest BCUT2D eigenvalue weighted by atomic mass is 9.90. The summed E-state index contributed by atoms with van der Waals surface area (Å²) in [6.45, 7) is 0. The Morgan fingerprint density at radius 1 is 0.538 bits per heavy atom. The van der Waals surface area contributed by atoms with Crippen molar-refractivity contribution in [1.29, 1.82) is 0 Å². The summed E-state index contributed by atoms with van der Waals surface area (Å²) >= 11 is 0. The van der Waals surface area contributed by atoms with E-state index in [2.05, 4.69) is 0 Å². The fraction of sp³-hybridized carbons (Fsp3) is 0. The summed E-state index contributed by atoms with van der Waals surface area (Å²) < 4.78 is 0. The van der Waals surface area contributed by atoms with Crippen LogP contribution in [-0.2, 0) is 0 Å². The quantitative estimate of drug-likeness (QED) is 0.546. The molecule has 4 nitrogen and oxygen atoms in total. The fourth-order valence-corrected chi connectivity index (χ4v) is 3.28. The van der Waals surface area contributed by atoms with Crippen LogP contribution in [-0.4, -0.2) is 22.2 Å². The van der Waals surface area contributed by atoms with Crippen molar-refractivity contribution in [2.45, 2.75) is 0 Å². The lowest BCUT2D eigenvalue weighted by Crippen LogP contribution is -2.04. The Kier molecular flexibility index (Phi) is 3.66. The minimum atomic E-state index is -1.09. The Bertz CT molecular complexity index is 1100. The molecule has 0 aliphatic heterocycles. The van der Waals surface area contributed by atoms with E-state index in [9.17, 15) is 19.8 Å². The van der Waals surface area contributed by atoms with Crippen molar-refractivity contribution in [2.24, 2.45) is 0 Å². The first-order valence-electron chi connectivity index (χ1n) is 8.07. The molecule has 0 aliphatic carbocycles. The van der Waals surface area contributed by atoms with Crippen LogP contribution in [0.2, 0.25) is 0 Å². The van der Waals surface area contributed by atoms with Crippen molar-refractivity contribution >= 4 is 33.5 Å². The SMILES string of the molecule is O=C(O)c1cc2ccccc2cc1-c1cc2ccccc2cc1C(=O)O. The third-order valence-electron chi connectivity index (χ3n) is 4.52. The molecule has 0 fully saturated rings. The van der Waals surface area contributed by atoms with Gasteiger partial charge < -0.3 is 10.2 Å². The van der Waals surface area contributed by atoms with Gasteiger partial charge in [-0.15, -0.1) is 0 Å². The van der Waals surface area contributed by atoms with Crippen molar-refractivity contribution < 1.29 is 19.8 Å². The molecule has 0 atom stereocenters. The number of hydrogen-bond donors (Lipinski definition) is 2. The van der Waals surface area contributed by atoms with Gasteiger partial charge in [0.25, 0.3) is 0 Å². The molecule has 0 aliphatic rings. The van der Waals surface area contributed by atoms with Gasteiger partial charge in [0, 0.05) is 0 Å². The summed E-state index contributed by atoms with van der Waals surface area (Å²) in [6.07, 6.45) is 0. The summed E-state index contributed by atoms with van der Waals surface area (Å²) in [6, 6.07) is 21.5. The third kappa shape index (κ3) is 2.58. The molecule has 0 spiro atoms. The monoisotopic (exact) mass is 342 g/mol. The van der Waals surface area contributed by atoms with Crippen LogP contribution in [0.25, 0.3) is 32.7 Å². The summed E-state index contributed by atoms with van der Waals surface area (Å²) in [4.78, 5) is 23.7. The van der Waals surface area contributed by atoms with Gasteiger partial charge in [0.15, 0.2) is 0 Å². The number of benzene rings is 4. The van der Waals surface area contributed by atoms with Gasteiger partial charge in [-0.25, -0.2) is 9.59 Å². The lowest BCUT2D eigenvalue weighted by Gasteiger charge is -2.13. The maximum atomic E-state index is 11.8. The Morgan fingerprint density at radius 2 is 0.846 bits per heavy atom. The number of hydrogen-bond acceptors (Lipinski definition) is 2. The van der Waals surface area contributed by atoms with Crippen LogP contribution < -0.4 is 0 Å². The van der Waals surface area contributed by atoms with Crippen LogP contribution in [0.3, 0.4) is 0 Å². The molecule has 4 aromatic rings. The number of rotatable bonds is 3. The average Bonchev–Trinajstić information content (AvgIpc) is 2.65. The molecule has 0 heterocycles. The van der Waals surface area contributed by atoms with Crippen molar-refractivity contribution in [3.63, 3.8) is 0 Å². The fourth-order valence-electron chi connectivity index (χ4n) is 3.28. The highest BCUT2D eigenvalue weighted by Gasteiger charge is 2.19. The highest BCUT2D eigenvalue weighted by Crippen LogP contribution is 2.34. The second-order valence-corrected chi connectivity index (χ2v) is 6.10. The maximum absolute atomic E-state index is 11.8. The van der Waals surface area contributed by atoms with Crippen LogP contribution in [0.15, 0.2) is 72.8 Å². The zero-order valence-corrected chi connectivity index (χ0v) is 13.6. The molecule has 0 saturated heterocycles. The molecule has 0 saturated carbocycles. The number of carbonyl (C=O) groups is 2. The van der Waals surface area contributed by atoms with E-state index in [-0.39, 0.29) is 11.1 Å². The van der Waals surface area contributed by atoms with Crippen molar-refractivity contribution in [3.8, 4) is 11.1 Å². The number of aromatic carboxylic acids is 2. The first kappa shape index (κ1) is 15.8. The maximum Gasteiger partial charge on any atom is 0.336 e. The van der Waals surface area contributed by atoms with E-state index >= 15 is 0 Å². The molecule has 126 valence electrons. The van der Waals surface area contributed by atoms with Gasteiger partial charge in [0.05, 0.1) is 11.1 Å². The van der Waals surface area contributed by atoms with Crippen LogP contribution in [0.5, 0.6) is 0 Å². The van der Waals surface area contributed by atoms with Gasteiger partial charge in [0.2, 0.25) is 0 Å². The molecule has 0 unspecified atom stereocenters. The van der Waals surface area contributed by atoms with Gasteiger partial charge in [-0.2, -0.15) is 0 Å². The average molecular weight is 342 g/mol. The molecule has 4 rings (SSSR count). The highest BCUT2D eigenvalue weighted by atomic mass is 16.4. The van der Waals surface area contributed by atoms with Crippen LogP contribution in [0.4, 0.5) is 0 Å². The van der Waals surface area contributed by atoms with Crippen molar-refractivity contribution in [2.75, 3.05) is 0 Å². The molecular weight excluding hydrogens is 328 g/mol. The Balaban J connectivity index is 2.11. The molecule has 0 amide bonds. The number of fused-ring (bicyclic) bond motifs is 2. The summed E-state index contributed by atoms with van der Waals surface area (Å²) in [5.74, 6) is -2.18. The first-order chi connectivity index (χ1) is 12.5. The first-order valence-corrected chi connectivity index (χ1v) is 8.07. The largest absolute Gasteiger partial charge is 0.478 e. The summed E-state index contributed by atoms with van der Waals surface area (Å²) in [5.41, 5.74) is 0.974. The van der Waals surface area contributed by atoms with E-state index < -0.39 is 11.9 Å². The van der Waals surface area contributed by atoms with E-state index in [1.807, 2.05) is 48.5 Å². The second kappa shape index (κ2) is 6.01. The predicted molar refractivity (Wildman–Crippen MR) is 101 cm³/mol. The van der Waals surface area contributed by atoms with E-state index in [1.165, 1.54) is 0 Å². The normalized spacial score (nSPS) is 10.9. The Hall–Kier alpha value is -3.66. The zero-order valence-electron chi connectivity index (χ0n) is 13.6. The minimum absolute atomic E-state index is 0.0847. The van der Waals surface area contributed by atoms with E-state index in [0.29, 0.717) is 11.1 Å². The van der Waals surface area contributed by atoms with Crippen molar-refractivity contribution in [1.82, 2.24) is 0 Å². The molecule has 4 heteroatoms. The number of carboxylic acids is 2. The van der Waals surface area contributed by atoms with Crippen molar-refractivity contribution in [3.05, 3.63) is 83.9 Å². The van der Waals surface area contributed by atoms with E-state index in [4.69, 9.17) is 0 Å². The van der Waals surface area contributed by atoms with Gasteiger partial charge in [0.1, 0.15) is 0 Å². The molecule has 0 bridgehead atoms. The number of carboxylic acid groups (broad SMARTS) is 2. The van der Waals surface area contributed by atoms with Gasteiger partial charge in [-0.1, -0.05) is 48.5 Å². The molecule has 26 heavy (non-hydrogen) atoms. The van der Waals surface area contributed by atoms with E-state index in [1.54, 1.807) is 24.3 Å². The predicted octanol–water partition coefficient (Wildman–Crippen LogP) is 5.06.